The minimum atomic E-state index is -0.475. The fourth-order valence-corrected chi connectivity index (χ4v) is 1.42. The van der Waals surface area contributed by atoms with E-state index in [9.17, 15) is 9.18 Å². The molecule has 1 aromatic heterocycles. The van der Waals surface area contributed by atoms with Crippen molar-refractivity contribution in [3.05, 3.63) is 53.1 Å². The molecule has 0 atom stereocenters. The lowest BCUT2D eigenvalue weighted by atomic mass is 10.2. The molecule has 5 heteroatoms. The van der Waals surface area contributed by atoms with Gasteiger partial charge in [-0.05, 0) is 24.3 Å². The van der Waals surface area contributed by atoms with Crippen LogP contribution in [-0.2, 0) is 0 Å². The molecule has 0 aliphatic carbocycles. The lowest BCUT2D eigenvalue weighted by molar-refractivity contribution is 0.0945. The van der Waals surface area contributed by atoms with Crippen molar-refractivity contribution in [2.45, 2.75) is 0 Å². The third-order valence-electron chi connectivity index (χ3n) is 1.87. The van der Waals surface area contributed by atoms with Crippen LogP contribution in [0, 0.1) is 5.82 Å². The molecule has 1 heterocycles. The van der Waals surface area contributed by atoms with Crippen LogP contribution in [0.5, 0.6) is 0 Å². The second-order valence-electron chi connectivity index (χ2n) is 2.88. The van der Waals surface area contributed by atoms with Crippen LogP contribution >= 0.6 is 11.6 Å². The van der Waals surface area contributed by atoms with Crippen LogP contribution in [0.15, 0.2) is 36.7 Å². The van der Waals surface area contributed by atoms with Gasteiger partial charge in [0.05, 0.1) is 10.6 Å². The molecule has 3 nitrogen and oxygen atoms in total. The van der Waals surface area contributed by atoms with Crippen LogP contribution in [0.3, 0.4) is 0 Å². The Morgan fingerprint density at radius 3 is 2.87 bits per heavy atom. The molecule has 0 aliphatic rings. The van der Waals surface area contributed by atoms with Crippen molar-refractivity contribution in [2.24, 2.45) is 0 Å². The smallest absolute Gasteiger partial charge is 0.267 e. The maximum Gasteiger partial charge on any atom is 0.279 e. The van der Waals surface area contributed by atoms with E-state index in [0.717, 1.165) is 10.7 Å². The van der Waals surface area contributed by atoms with E-state index in [2.05, 4.69) is 5.10 Å². The van der Waals surface area contributed by atoms with Crippen molar-refractivity contribution in [2.75, 3.05) is 0 Å². The summed E-state index contributed by atoms with van der Waals surface area (Å²) >= 11 is 5.74. The van der Waals surface area contributed by atoms with E-state index in [1.54, 1.807) is 6.07 Å². The van der Waals surface area contributed by atoms with Crippen LogP contribution < -0.4 is 0 Å². The van der Waals surface area contributed by atoms with E-state index in [1.807, 2.05) is 0 Å². The summed E-state index contributed by atoms with van der Waals surface area (Å²) < 4.78 is 13.9. The first kappa shape index (κ1) is 9.86. The van der Waals surface area contributed by atoms with Gasteiger partial charge in [0.25, 0.3) is 5.91 Å². The van der Waals surface area contributed by atoms with Crippen LogP contribution in [0.25, 0.3) is 0 Å². The second-order valence-corrected chi connectivity index (χ2v) is 3.29. The van der Waals surface area contributed by atoms with Gasteiger partial charge in [0.1, 0.15) is 5.82 Å². The van der Waals surface area contributed by atoms with Crippen LogP contribution in [0.4, 0.5) is 4.39 Å². The van der Waals surface area contributed by atoms with Crippen LogP contribution in [0.2, 0.25) is 5.02 Å². The van der Waals surface area contributed by atoms with Crippen molar-refractivity contribution < 1.29 is 9.18 Å². The highest BCUT2D eigenvalue weighted by molar-refractivity contribution is 6.33. The Morgan fingerprint density at radius 1 is 1.47 bits per heavy atom. The molecule has 0 spiro atoms. The summed E-state index contributed by atoms with van der Waals surface area (Å²) in [5.41, 5.74) is 0.224. The Kier molecular flexibility index (Phi) is 2.51. The van der Waals surface area contributed by atoms with Crippen molar-refractivity contribution in [3.63, 3.8) is 0 Å². The van der Waals surface area contributed by atoms with Crippen LogP contribution in [0.1, 0.15) is 10.4 Å². The van der Waals surface area contributed by atoms with Crippen molar-refractivity contribution in [3.8, 4) is 0 Å². The van der Waals surface area contributed by atoms with E-state index in [0.29, 0.717) is 0 Å². The predicted molar refractivity (Wildman–Crippen MR) is 53.4 cm³/mol. The summed E-state index contributed by atoms with van der Waals surface area (Å²) in [7, 11) is 0. The van der Waals surface area contributed by atoms with E-state index in [-0.39, 0.29) is 16.5 Å². The third-order valence-corrected chi connectivity index (χ3v) is 2.19. The quantitative estimate of drug-likeness (QED) is 0.745. The van der Waals surface area contributed by atoms with E-state index >= 15 is 0 Å². The summed E-state index contributed by atoms with van der Waals surface area (Å²) in [6.45, 7) is 0. The van der Waals surface area contributed by atoms with Gasteiger partial charge in [-0.15, -0.1) is 0 Å². The van der Waals surface area contributed by atoms with Gasteiger partial charge in [-0.3, -0.25) is 4.79 Å². The largest absolute Gasteiger partial charge is 0.279 e. The van der Waals surface area contributed by atoms with E-state index in [4.69, 9.17) is 11.6 Å². The molecule has 0 aliphatic heterocycles. The maximum absolute atomic E-state index is 12.7. The topological polar surface area (TPSA) is 34.9 Å². The number of hydrogen-bond acceptors (Lipinski definition) is 2. The van der Waals surface area contributed by atoms with Gasteiger partial charge in [0.2, 0.25) is 0 Å². The summed E-state index contributed by atoms with van der Waals surface area (Å²) in [4.78, 5) is 11.7. The van der Waals surface area contributed by atoms with Crippen molar-refractivity contribution in [1.82, 2.24) is 9.78 Å². The fourth-order valence-electron chi connectivity index (χ4n) is 1.18. The number of benzene rings is 1. The van der Waals surface area contributed by atoms with Crippen molar-refractivity contribution >= 4 is 17.5 Å². The number of halogens is 2. The minimum absolute atomic E-state index is 0.0792. The highest BCUT2D eigenvalue weighted by Gasteiger charge is 2.12. The zero-order chi connectivity index (χ0) is 10.8. The van der Waals surface area contributed by atoms with Gasteiger partial charge in [-0.1, -0.05) is 11.6 Å². The van der Waals surface area contributed by atoms with Gasteiger partial charge >= 0.3 is 0 Å². The Bertz CT molecular complexity index is 496. The Hall–Kier alpha value is -1.68. The summed E-state index contributed by atoms with van der Waals surface area (Å²) in [6.07, 6.45) is 2.98. The summed E-state index contributed by atoms with van der Waals surface area (Å²) in [6, 6.07) is 5.23. The average Bonchev–Trinajstić information content (AvgIpc) is 2.69. The molecule has 0 radical (unpaired) electrons. The highest BCUT2D eigenvalue weighted by Crippen LogP contribution is 2.17. The molecule has 0 saturated heterocycles. The fraction of sp³-hybridized carbons (Fsp3) is 0. The van der Waals surface area contributed by atoms with E-state index in [1.165, 1.54) is 24.5 Å². The third kappa shape index (κ3) is 1.89. The average molecular weight is 225 g/mol. The molecule has 0 fully saturated rings. The monoisotopic (exact) mass is 224 g/mol. The molecule has 76 valence electrons. The minimum Gasteiger partial charge on any atom is -0.267 e. The normalized spacial score (nSPS) is 10.3. The molecule has 0 N–H and O–H groups in total. The summed E-state index contributed by atoms with van der Waals surface area (Å²) in [5, 5.41) is 3.85. The summed E-state index contributed by atoms with van der Waals surface area (Å²) in [5.74, 6) is -0.859. The number of carbonyl (C=O) groups excluding carboxylic acids is 1. The zero-order valence-electron chi connectivity index (χ0n) is 7.52. The Labute approximate surface area is 90.1 Å². The standard InChI is InChI=1S/C10H6ClFN2O/c11-9-6-7(12)2-3-8(9)10(15)14-5-1-4-13-14/h1-6H. The molecule has 2 aromatic rings. The lowest BCUT2D eigenvalue weighted by Gasteiger charge is -2.02. The first-order chi connectivity index (χ1) is 7.18. The number of carbonyl (C=O) groups is 1. The molecule has 0 amide bonds. The molecule has 0 unspecified atom stereocenters. The molecule has 15 heavy (non-hydrogen) atoms. The first-order valence-electron chi connectivity index (χ1n) is 4.18. The van der Waals surface area contributed by atoms with E-state index < -0.39 is 5.82 Å². The number of nitrogens with zero attached hydrogens (tertiary/aromatic N) is 2. The van der Waals surface area contributed by atoms with Crippen molar-refractivity contribution in [1.29, 1.82) is 0 Å². The molecule has 1 aromatic carbocycles. The SMILES string of the molecule is O=C(c1ccc(F)cc1Cl)n1cccn1. The van der Waals surface area contributed by atoms with Gasteiger partial charge in [0.15, 0.2) is 0 Å². The molecule has 0 bridgehead atoms. The van der Waals surface area contributed by atoms with Gasteiger partial charge in [-0.2, -0.15) is 5.10 Å². The van der Waals surface area contributed by atoms with Gasteiger partial charge < -0.3 is 0 Å². The predicted octanol–water partition coefficient (Wildman–Crippen LogP) is 2.36. The molecular formula is C10H6ClFN2O. The molecular weight excluding hydrogens is 219 g/mol. The Balaban J connectivity index is 2.42. The van der Waals surface area contributed by atoms with Gasteiger partial charge in [-0.25, -0.2) is 9.07 Å². The number of rotatable bonds is 1. The zero-order valence-corrected chi connectivity index (χ0v) is 8.28. The lowest BCUT2D eigenvalue weighted by Crippen LogP contribution is -2.12. The Morgan fingerprint density at radius 2 is 2.27 bits per heavy atom. The number of aromatic nitrogens is 2. The second kappa shape index (κ2) is 3.82. The van der Waals surface area contributed by atoms with Crippen LogP contribution in [-0.4, -0.2) is 15.7 Å². The molecule has 2 rings (SSSR count). The number of hydrogen-bond donors (Lipinski definition) is 0. The first-order valence-corrected chi connectivity index (χ1v) is 4.55. The van der Waals surface area contributed by atoms with Gasteiger partial charge in [0, 0.05) is 12.4 Å². The molecule has 0 saturated carbocycles. The highest BCUT2D eigenvalue weighted by atomic mass is 35.5. The maximum atomic E-state index is 12.7.